The lowest BCUT2D eigenvalue weighted by Gasteiger charge is -2.24. The van der Waals surface area contributed by atoms with Crippen molar-refractivity contribution in [3.8, 4) is 0 Å². The van der Waals surface area contributed by atoms with Crippen LogP contribution in [0, 0.1) is 0 Å². The Labute approximate surface area is 229 Å². The lowest BCUT2D eigenvalue weighted by Crippen LogP contribution is -2.35. The first kappa shape index (κ1) is 28.0. The molecule has 0 aromatic heterocycles. The molecule has 3 aromatic carbocycles. The van der Waals surface area contributed by atoms with Crippen molar-refractivity contribution in [2.45, 2.75) is 19.4 Å². The van der Waals surface area contributed by atoms with Crippen molar-refractivity contribution in [2.75, 3.05) is 43.1 Å². The van der Waals surface area contributed by atoms with Crippen LogP contribution in [0.3, 0.4) is 0 Å². The first-order valence-electron chi connectivity index (χ1n) is 12.6. The van der Waals surface area contributed by atoms with E-state index in [9.17, 15) is 18.0 Å². The number of hydrogen-bond acceptors (Lipinski definition) is 6. The molecule has 0 saturated heterocycles. The minimum absolute atomic E-state index is 0.111. The highest BCUT2D eigenvalue weighted by molar-refractivity contribution is 7.92. The molecule has 3 aromatic rings. The van der Waals surface area contributed by atoms with Crippen LogP contribution >= 0.6 is 0 Å². The van der Waals surface area contributed by atoms with E-state index in [2.05, 4.69) is 10.6 Å². The number of hydrogen-bond donors (Lipinski definition) is 2. The van der Waals surface area contributed by atoms with E-state index in [0.717, 1.165) is 22.4 Å². The zero-order valence-electron chi connectivity index (χ0n) is 22.5. The molecule has 1 atom stereocenters. The minimum Gasteiger partial charge on any atom is -0.352 e. The van der Waals surface area contributed by atoms with Gasteiger partial charge in [-0.15, -0.1) is 0 Å². The number of aliphatic imine (C=N–C) groups is 1. The Morgan fingerprint density at radius 3 is 2.26 bits per heavy atom. The Bertz CT molecular complexity index is 1480. The van der Waals surface area contributed by atoms with Crippen LogP contribution in [0.5, 0.6) is 0 Å². The second-order valence-corrected chi connectivity index (χ2v) is 11.7. The van der Waals surface area contributed by atoms with E-state index in [-0.39, 0.29) is 11.8 Å². The third-order valence-electron chi connectivity index (χ3n) is 6.39. The first-order chi connectivity index (χ1) is 18.5. The van der Waals surface area contributed by atoms with Gasteiger partial charge in [0.05, 0.1) is 23.3 Å². The fourth-order valence-electron chi connectivity index (χ4n) is 4.41. The van der Waals surface area contributed by atoms with E-state index in [4.69, 9.17) is 4.99 Å². The fraction of sp³-hybridized carbons (Fsp3) is 0.276. The molecular formula is C29H33N5O4S. The van der Waals surface area contributed by atoms with E-state index < -0.39 is 15.9 Å². The van der Waals surface area contributed by atoms with Gasteiger partial charge in [-0.25, -0.2) is 8.42 Å². The Hall–Kier alpha value is -4.02. The zero-order chi connectivity index (χ0) is 28.2. The van der Waals surface area contributed by atoms with Crippen molar-refractivity contribution in [3.05, 3.63) is 89.5 Å². The van der Waals surface area contributed by atoms with E-state index in [1.54, 1.807) is 24.3 Å². The van der Waals surface area contributed by atoms with Crippen LogP contribution in [0.4, 0.5) is 17.1 Å². The number of anilines is 2. The second-order valence-electron chi connectivity index (χ2n) is 9.77. The lowest BCUT2D eigenvalue weighted by atomic mass is 9.90. The van der Waals surface area contributed by atoms with Crippen LogP contribution in [0.15, 0.2) is 77.8 Å². The van der Waals surface area contributed by atoms with Gasteiger partial charge in [-0.1, -0.05) is 42.5 Å². The second kappa shape index (κ2) is 11.8. The van der Waals surface area contributed by atoms with Gasteiger partial charge < -0.3 is 15.5 Å². The summed E-state index contributed by atoms with van der Waals surface area (Å²) in [6.07, 6.45) is 1.19. The predicted octanol–water partition coefficient (Wildman–Crippen LogP) is 3.51. The number of sulfonamides is 1. The molecule has 2 amide bonds. The van der Waals surface area contributed by atoms with Gasteiger partial charge in [-0.2, -0.15) is 0 Å². The maximum atomic E-state index is 13.1. The molecule has 1 heterocycles. The molecule has 0 aliphatic carbocycles. The SMILES string of the molecule is CC(=O)NCc1ccc(C(=Nc2ccc(N(CCN(C)C)S(C)(=O)=O)cc2)C2C(=O)Nc3ccccc32)cc1. The van der Waals surface area contributed by atoms with Crippen molar-refractivity contribution in [1.82, 2.24) is 10.2 Å². The third kappa shape index (κ3) is 6.90. The molecule has 39 heavy (non-hydrogen) atoms. The van der Waals surface area contributed by atoms with Gasteiger partial charge in [0, 0.05) is 32.2 Å². The number of likely N-dealkylation sites (N-methyl/N-ethyl adjacent to an activating group) is 1. The molecule has 1 aliphatic heterocycles. The molecule has 0 spiro atoms. The van der Waals surface area contributed by atoms with Crippen LogP contribution in [0.25, 0.3) is 0 Å². The molecule has 1 aliphatic rings. The van der Waals surface area contributed by atoms with Gasteiger partial charge in [-0.05, 0) is 61.1 Å². The molecule has 4 rings (SSSR count). The molecule has 0 radical (unpaired) electrons. The maximum absolute atomic E-state index is 13.1. The molecule has 1 unspecified atom stereocenters. The summed E-state index contributed by atoms with van der Waals surface area (Å²) in [5.74, 6) is -0.893. The number of fused-ring (bicyclic) bond motifs is 1. The first-order valence-corrected chi connectivity index (χ1v) is 14.4. The number of nitrogens with zero attached hydrogens (tertiary/aromatic N) is 3. The Morgan fingerprint density at radius 1 is 0.974 bits per heavy atom. The number of para-hydroxylation sites is 1. The van der Waals surface area contributed by atoms with Crippen LogP contribution in [0.2, 0.25) is 0 Å². The summed E-state index contributed by atoms with van der Waals surface area (Å²) < 4.78 is 26.3. The number of rotatable bonds is 10. The summed E-state index contributed by atoms with van der Waals surface area (Å²) in [6.45, 7) is 2.77. The van der Waals surface area contributed by atoms with Gasteiger partial charge in [-0.3, -0.25) is 18.9 Å². The summed E-state index contributed by atoms with van der Waals surface area (Å²) in [6, 6.07) is 22.1. The zero-order valence-corrected chi connectivity index (χ0v) is 23.3. The van der Waals surface area contributed by atoms with E-state index in [0.29, 0.717) is 36.7 Å². The highest BCUT2D eigenvalue weighted by Crippen LogP contribution is 2.36. The van der Waals surface area contributed by atoms with Gasteiger partial charge in [0.15, 0.2) is 0 Å². The van der Waals surface area contributed by atoms with Crippen molar-refractivity contribution in [3.63, 3.8) is 0 Å². The number of nitrogens with one attached hydrogen (secondary N) is 2. The topological polar surface area (TPSA) is 111 Å². The maximum Gasteiger partial charge on any atom is 0.238 e. The van der Waals surface area contributed by atoms with E-state index >= 15 is 0 Å². The number of carbonyl (C=O) groups is 2. The molecule has 204 valence electrons. The van der Waals surface area contributed by atoms with Crippen LogP contribution in [-0.4, -0.2) is 64.3 Å². The number of amides is 2. The Kier molecular flexibility index (Phi) is 8.47. The standard InChI is InChI=1S/C29H33N5O4S/c1-20(35)30-19-21-9-11-22(12-10-21)28(27-25-7-5-6-8-26(25)32-29(27)36)31-23-13-15-24(16-14-23)34(39(4,37)38)18-17-33(2)3/h5-16,27H,17-19H2,1-4H3,(H,30,35)(H,32,36). The van der Waals surface area contributed by atoms with Crippen LogP contribution < -0.4 is 14.9 Å². The van der Waals surface area contributed by atoms with Crippen molar-refractivity contribution < 1.29 is 18.0 Å². The summed E-state index contributed by atoms with van der Waals surface area (Å²) in [5.41, 5.74) is 5.00. The van der Waals surface area contributed by atoms with Gasteiger partial charge in [0.1, 0.15) is 5.92 Å². The number of benzene rings is 3. The molecule has 10 heteroatoms. The average molecular weight is 548 g/mol. The molecule has 0 bridgehead atoms. The minimum atomic E-state index is -3.47. The lowest BCUT2D eigenvalue weighted by molar-refractivity contribution is -0.119. The highest BCUT2D eigenvalue weighted by Gasteiger charge is 2.35. The summed E-state index contributed by atoms with van der Waals surface area (Å²) in [5, 5.41) is 5.73. The van der Waals surface area contributed by atoms with Gasteiger partial charge >= 0.3 is 0 Å². The van der Waals surface area contributed by atoms with Crippen molar-refractivity contribution in [1.29, 1.82) is 0 Å². The molecule has 9 nitrogen and oxygen atoms in total. The fourth-order valence-corrected chi connectivity index (χ4v) is 5.32. The number of carbonyl (C=O) groups excluding carboxylic acids is 2. The largest absolute Gasteiger partial charge is 0.352 e. The molecule has 2 N–H and O–H groups in total. The van der Waals surface area contributed by atoms with Crippen LogP contribution in [0.1, 0.15) is 29.5 Å². The Balaban J connectivity index is 1.72. The van der Waals surface area contributed by atoms with E-state index in [1.807, 2.05) is 67.5 Å². The smallest absolute Gasteiger partial charge is 0.238 e. The van der Waals surface area contributed by atoms with Crippen LogP contribution in [-0.2, 0) is 26.2 Å². The highest BCUT2D eigenvalue weighted by atomic mass is 32.2. The quantitative estimate of drug-likeness (QED) is 0.378. The molecule has 0 saturated carbocycles. The van der Waals surface area contributed by atoms with Crippen molar-refractivity contribution in [2.24, 2.45) is 4.99 Å². The third-order valence-corrected chi connectivity index (χ3v) is 7.59. The van der Waals surface area contributed by atoms with Gasteiger partial charge in [0.25, 0.3) is 0 Å². The predicted molar refractivity (Wildman–Crippen MR) is 155 cm³/mol. The Morgan fingerprint density at radius 2 is 1.64 bits per heavy atom. The van der Waals surface area contributed by atoms with Gasteiger partial charge in [0.2, 0.25) is 21.8 Å². The van der Waals surface area contributed by atoms with E-state index in [1.165, 1.54) is 17.5 Å². The monoisotopic (exact) mass is 547 g/mol. The summed E-state index contributed by atoms with van der Waals surface area (Å²) in [4.78, 5) is 31.3. The molecule has 0 fully saturated rings. The molecular weight excluding hydrogens is 514 g/mol. The van der Waals surface area contributed by atoms with Crippen molar-refractivity contribution >= 4 is 44.6 Å². The normalized spacial score (nSPS) is 15.2. The summed E-state index contributed by atoms with van der Waals surface area (Å²) >= 11 is 0. The average Bonchev–Trinajstić information content (AvgIpc) is 3.22. The summed E-state index contributed by atoms with van der Waals surface area (Å²) in [7, 11) is 0.316.